The Balaban J connectivity index is 2.17. The minimum absolute atomic E-state index is 0.284. The van der Waals surface area contributed by atoms with E-state index in [2.05, 4.69) is 26.2 Å². The van der Waals surface area contributed by atoms with Gasteiger partial charge in [0.2, 0.25) is 0 Å². The third-order valence-electron chi connectivity index (χ3n) is 2.39. The summed E-state index contributed by atoms with van der Waals surface area (Å²) in [5, 5.41) is 11.9. The van der Waals surface area contributed by atoms with Crippen molar-refractivity contribution in [3.63, 3.8) is 0 Å². The van der Waals surface area contributed by atoms with Gasteiger partial charge in [0, 0.05) is 22.8 Å². The Bertz CT molecular complexity index is 607. The fraction of sp³-hybridized carbons (Fsp3) is 0.0769. The topological polar surface area (TPSA) is 48.7 Å². The van der Waals surface area contributed by atoms with Crippen molar-refractivity contribution in [3.05, 3.63) is 58.1 Å². The molecule has 1 N–H and O–H groups in total. The summed E-state index contributed by atoms with van der Waals surface area (Å²) >= 11 is 3.29. The summed E-state index contributed by atoms with van der Waals surface area (Å²) in [6.07, 6.45) is 1.55. The summed E-state index contributed by atoms with van der Waals surface area (Å²) in [4.78, 5) is 3.92. The van der Waals surface area contributed by atoms with E-state index in [4.69, 9.17) is 5.26 Å². The van der Waals surface area contributed by atoms with Crippen molar-refractivity contribution in [2.45, 2.75) is 6.54 Å². The zero-order chi connectivity index (χ0) is 13.0. The number of benzene rings is 1. The Hall–Kier alpha value is -1.93. The Labute approximate surface area is 112 Å². The molecule has 2 aromatic rings. The molecule has 90 valence electrons. The average molecular weight is 306 g/mol. The summed E-state index contributed by atoms with van der Waals surface area (Å²) in [6, 6.07) is 10.2. The van der Waals surface area contributed by atoms with Crippen LogP contribution in [0.25, 0.3) is 0 Å². The maximum absolute atomic E-state index is 13.5. The largest absolute Gasteiger partial charge is 0.379 e. The minimum Gasteiger partial charge on any atom is -0.379 e. The number of pyridine rings is 1. The molecular weight excluding hydrogens is 297 g/mol. The predicted molar refractivity (Wildman–Crippen MR) is 70.4 cm³/mol. The van der Waals surface area contributed by atoms with Crippen molar-refractivity contribution >= 4 is 21.6 Å². The molecule has 0 aliphatic rings. The maximum atomic E-state index is 13.5. The van der Waals surface area contributed by atoms with Gasteiger partial charge in [0.15, 0.2) is 5.69 Å². The van der Waals surface area contributed by atoms with Gasteiger partial charge in [-0.3, -0.25) is 0 Å². The third-order valence-corrected chi connectivity index (χ3v) is 2.88. The molecule has 5 heteroatoms. The number of nitrogens with one attached hydrogen (secondary N) is 1. The van der Waals surface area contributed by atoms with E-state index in [0.29, 0.717) is 23.5 Å². The van der Waals surface area contributed by atoms with Gasteiger partial charge in [-0.25, -0.2) is 9.37 Å². The fourth-order valence-corrected chi connectivity index (χ4v) is 1.91. The molecule has 0 fully saturated rings. The lowest BCUT2D eigenvalue weighted by molar-refractivity contribution is 0.612. The van der Waals surface area contributed by atoms with Gasteiger partial charge >= 0.3 is 0 Å². The molecule has 0 aliphatic heterocycles. The zero-order valence-electron chi connectivity index (χ0n) is 9.32. The molecule has 0 aliphatic carbocycles. The van der Waals surface area contributed by atoms with Gasteiger partial charge in [-0.1, -0.05) is 15.9 Å². The molecule has 0 atom stereocenters. The standard InChI is InChI=1S/C13H9BrFN3/c14-10-3-4-11(15)9(6-10)8-18-12-2-1-5-17-13(12)7-16/h1-6,18H,8H2. The summed E-state index contributed by atoms with van der Waals surface area (Å²) in [5.41, 5.74) is 1.42. The second-order valence-corrected chi connectivity index (χ2v) is 4.52. The van der Waals surface area contributed by atoms with E-state index in [1.807, 2.05) is 6.07 Å². The van der Waals surface area contributed by atoms with Gasteiger partial charge in [0.05, 0.1) is 5.69 Å². The first-order chi connectivity index (χ1) is 8.70. The van der Waals surface area contributed by atoms with Gasteiger partial charge in [0.1, 0.15) is 11.9 Å². The molecular formula is C13H9BrFN3. The highest BCUT2D eigenvalue weighted by molar-refractivity contribution is 9.10. The lowest BCUT2D eigenvalue weighted by atomic mass is 10.2. The van der Waals surface area contributed by atoms with Crippen LogP contribution in [0, 0.1) is 17.1 Å². The van der Waals surface area contributed by atoms with Crippen molar-refractivity contribution in [1.29, 1.82) is 5.26 Å². The van der Waals surface area contributed by atoms with Gasteiger partial charge in [-0.2, -0.15) is 5.26 Å². The average Bonchev–Trinajstić information content (AvgIpc) is 2.40. The third kappa shape index (κ3) is 2.84. The van der Waals surface area contributed by atoms with Crippen molar-refractivity contribution < 1.29 is 4.39 Å². The zero-order valence-corrected chi connectivity index (χ0v) is 10.9. The lowest BCUT2D eigenvalue weighted by Crippen LogP contribution is -2.04. The second-order valence-electron chi connectivity index (χ2n) is 3.60. The highest BCUT2D eigenvalue weighted by atomic mass is 79.9. The minimum atomic E-state index is -0.284. The molecule has 2 rings (SSSR count). The predicted octanol–water partition coefficient (Wildman–Crippen LogP) is 3.47. The first kappa shape index (κ1) is 12.5. The molecule has 18 heavy (non-hydrogen) atoms. The van der Waals surface area contributed by atoms with Crippen LogP contribution in [0.5, 0.6) is 0 Å². The quantitative estimate of drug-likeness (QED) is 0.944. The van der Waals surface area contributed by atoms with Crippen LogP contribution in [0.15, 0.2) is 41.0 Å². The highest BCUT2D eigenvalue weighted by Crippen LogP contribution is 2.18. The summed E-state index contributed by atoms with van der Waals surface area (Å²) in [5.74, 6) is -0.284. The van der Waals surface area contributed by atoms with Gasteiger partial charge in [0.25, 0.3) is 0 Å². The molecule has 1 aromatic carbocycles. The van der Waals surface area contributed by atoms with E-state index in [1.54, 1.807) is 30.5 Å². The normalized spacial score (nSPS) is 9.83. The lowest BCUT2D eigenvalue weighted by Gasteiger charge is -2.08. The van der Waals surface area contributed by atoms with Gasteiger partial charge in [-0.05, 0) is 30.3 Å². The number of anilines is 1. The van der Waals surface area contributed by atoms with Gasteiger partial charge in [-0.15, -0.1) is 0 Å². The summed E-state index contributed by atoms with van der Waals surface area (Å²) < 4.78 is 14.3. The summed E-state index contributed by atoms with van der Waals surface area (Å²) in [7, 11) is 0. The number of hydrogen-bond donors (Lipinski definition) is 1. The first-order valence-electron chi connectivity index (χ1n) is 5.23. The number of rotatable bonds is 3. The van der Waals surface area contributed by atoms with Crippen LogP contribution < -0.4 is 5.32 Å². The van der Waals surface area contributed by atoms with Crippen molar-refractivity contribution in [3.8, 4) is 6.07 Å². The Kier molecular flexibility index (Phi) is 3.90. The monoisotopic (exact) mass is 305 g/mol. The molecule has 0 saturated heterocycles. The number of halogens is 2. The Morgan fingerprint density at radius 1 is 1.39 bits per heavy atom. The number of nitrogens with zero attached hydrogens (tertiary/aromatic N) is 2. The number of hydrogen-bond acceptors (Lipinski definition) is 3. The second kappa shape index (κ2) is 5.61. The van der Waals surface area contributed by atoms with Crippen molar-refractivity contribution in [1.82, 2.24) is 4.98 Å². The smallest absolute Gasteiger partial charge is 0.163 e. The SMILES string of the molecule is N#Cc1ncccc1NCc1cc(Br)ccc1F. The number of aromatic nitrogens is 1. The molecule has 0 spiro atoms. The fourth-order valence-electron chi connectivity index (χ4n) is 1.51. The highest BCUT2D eigenvalue weighted by Gasteiger charge is 2.05. The molecule has 1 heterocycles. The molecule has 0 unspecified atom stereocenters. The van der Waals surface area contributed by atoms with E-state index in [9.17, 15) is 4.39 Å². The molecule has 0 amide bonds. The van der Waals surface area contributed by atoms with Crippen LogP contribution in [-0.4, -0.2) is 4.98 Å². The van der Waals surface area contributed by atoms with E-state index >= 15 is 0 Å². The maximum Gasteiger partial charge on any atom is 0.163 e. The van der Waals surface area contributed by atoms with Crippen LogP contribution in [-0.2, 0) is 6.54 Å². The Morgan fingerprint density at radius 3 is 3.00 bits per heavy atom. The van der Waals surface area contributed by atoms with Crippen molar-refractivity contribution in [2.24, 2.45) is 0 Å². The van der Waals surface area contributed by atoms with E-state index in [-0.39, 0.29) is 5.82 Å². The van der Waals surface area contributed by atoms with E-state index in [0.717, 1.165) is 4.47 Å². The van der Waals surface area contributed by atoms with Crippen LogP contribution in [0.4, 0.5) is 10.1 Å². The molecule has 0 saturated carbocycles. The van der Waals surface area contributed by atoms with E-state index < -0.39 is 0 Å². The Morgan fingerprint density at radius 2 is 2.22 bits per heavy atom. The van der Waals surface area contributed by atoms with E-state index in [1.165, 1.54) is 6.07 Å². The van der Waals surface area contributed by atoms with Gasteiger partial charge < -0.3 is 5.32 Å². The summed E-state index contributed by atoms with van der Waals surface area (Å²) in [6.45, 7) is 0.297. The molecule has 0 bridgehead atoms. The molecule has 0 radical (unpaired) electrons. The van der Waals surface area contributed by atoms with Crippen LogP contribution >= 0.6 is 15.9 Å². The van der Waals surface area contributed by atoms with Crippen LogP contribution in [0.1, 0.15) is 11.3 Å². The first-order valence-corrected chi connectivity index (χ1v) is 6.03. The molecule has 3 nitrogen and oxygen atoms in total. The van der Waals surface area contributed by atoms with Crippen LogP contribution in [0.2, 0.25) is 0 Å². The van der Waals surface area contributed by atoms with Crippen LogP contribution in [0.3, 0.4) is 0 Å². The van der Waals surface area contributed by atoms with Crippen molar-refractivity contribution in [2.75, 3.05) is 5.32 Å². The number of nitriles is 1. The molecule has 1 aromatic heterocycles.